The number of ether oxygens (including phenoxy) is 1. The minimum absolute atomic E-state index is 0.321. The van der Waals surface area contributed by atoms with E-state index in [1.165, 1.54) is 30.0 Å². The normalized spacial score (nSPS) is 10.3. The van der Waals surface area contributed by atoms with E-state index >= 15 is 0 Å². The minimum atomic E-state index is -0.357. The molecule has 0 unspecified atom stereocenters. The van der Waals surface area contributed by atoms with Crippen molar-refractivity contribution in [1.29, 1.82) is 0 Å². The summed E-state index contributed by atoms with van der Waals surface area (Å²) >= 11 is 4.45. The molecule has 0 spiro atoms. The van der Waals surface area contributed by atoms with Crippen molar-refractivity contribution in [3.63, 3.8) is 0 Å². The van der Waals surface area contributed by atoms with Gasteiger partial charge in [0.1, 0.15) is 17.4 Å². The molecular formula is C11H10BrFN4OS. The zero-order valence-electron chi connectivity index (χ0n) is 9.85. The van der Waals surface area contributed by atoms with Gasteiger partial charge in [0, 0.05) is 6.07 Å². The summed E-state index contributed by atoms with van der Waals surface area (Å²) in [6.45, 7) is 0. The summed E-state index contributed by atoms with van der Waals surface area (Å²) in [5, 5.41) is 0.520. The zero-order chi connectivity index (χ0) is 13.8. The van der Waals surface area contributed by atoms with Gasteiger partial charge in [-0.3, -0.25) is 0 Å². The number of rotatable bonds is 4. The number of hydrazine groups is 1. The van der Waals surface area contributed by atoms with Crippen LogP contribution in [0.2, 0.25) is 0 Å². The third-order valence-electron chi connectivity index (χ3n) is 2.13. The molecule has 5 nitrogen and oxygen atoms in total. The SMILES string of the molecule is CSc1nc(NN)cc(Oc2ccc(F)c(Br)c2)n1. The molecule has 0 saturated heterocycles. The van der Waals surface area contributed by atoms with Crippen LogP contribution in [0.3, 0.4) is 0 Å². The average Bonchev–Trinajstić information content (AvgIpc) is 2.42. The highest BCUT2D eigenvalue weighted by Gasteiger charge is 2.07. The predicted molar refractivity (Wildman–Crippen MR) is 75.8 cm³/mol. The molecule has 1 aromatic heterocycles. The van der Waals surface area contributed by atoms with Gasteiger partial charge in [0.2, 0.25) is 5.88 Å². The largest absolute Gasteiger partial charge is 0.439 e. The van der Waals surface area contributed by atoms with E-state index in [-0.39, 0.29) is 5.82 Å². The van der Waals surface area contributed by atoms with Crippen molar-refractivity contribution in [2.75, 3.05) is 11.7 Å². The quantitative estimate of drug-likeness (QED) is 0.384. The standard InChI is InChI=1S/C11H10BrFN4OS/c1-19-11-15-9(17-14)5-10(16-11)18-6-2-3-8(13)7(12)4-6/h2-5H,14H2,1H3,(H,15,16,17). The van der Waals surface area contributed by atoms with E-state index in [0.29, 0.717) is 27.1 Å². The third kappa shape index (κ3) is 3.55. The van der Waals surface area contributed by atoms with Crippen LogP contribution in [0.1, 0.15) is 0 Å². The number of aromatic nitrogens is 2. The monoisotopic (exact) mass is 344 g/mol. The van der Waals surface area contributed by atoms with E-state index in [0.717, 1.165) is 0 Å². The van der Waals surface area contributed by atoms with Crippen LogP contribution in [0.25, 0.3) is 0 Å². The van der Waals surface area contributed by atoms with Crippen LogP contribution in [0.15, 0.2) is 33.9 Å². The van der Waals surface area contributed by atoms with Crippen molar-refractivity contribution in [2.45, 2.75) is 5.16 Å². The number of anilines is 1. The van der Waals surface area contributed by atoms with Gasteiger partial charge >= 0.3 is 0 Å². The van der Waals surface area contributed by atoms with Gasteiger partial charge in [-0.05, 0) is 40.4 Å². The van der Waals surface area contributed by atoms with Crippen LogP contribution in [-0.2, 0) is 0 Å². The number of nitrogens with one attached hydrogen (secondary N) is 1. The predicted octanol–water partition coefficient (Wildman–Crippen LogP) is 3.18. The lowest BCUT2D eigenvalue weighted by Crippen LogP contribution is -2.09. The van der Waals surface area contributed by atoms with Crippen LogP contribution < -0.4 is 16.0 Å². The number of hydrogen-bond donors (Lipinski definition) is 2. The Balaban J connectivity index is 2.29. The Hall–Kier alpha value is -1.38. The van der Waals surface area contributed by atoms with E-state index in [9.17, 15) is 4.39 Å². The number of nitrogens with two attached hydrogens (primary N) is 1. The Morgan fingerprint density at radius 1 is 1.37 bits per heavy atom. The maximum atomic E-state index is 13.1. The highest BCUT2D eigenvalue weighted by Crippen LogP contribution is 2.27. The Labute approximate surface area is 121 Å². The molecule has 0 aliphatic carbocycles. The summed E-state index contributed by atoms with van der Waals surface area (Å²) in [5.74, 6) is 6.19. The van der Waals surface area contributed by atoms with Crippen LogP contribution in [0, 0.1) is 5.82 Å². The highest BCUT2D eigenvalue weighted by atomic mass is 79.9. The van der Waals surface area contributed by atoms with Crippen molar-refractivity contribution < 1.29 is 9.13 Å². The van der Waals surface area contributed by atoms with E-state index in [2.05, 4.69) is 31.3 Å². The number of nitrogens with zero attached hydrogens (tertiary/aromatic N) is 2. The molecule has 0 bridgehead atoms. The van der Waals surface area contributed by atoms with E-state index < -0.39 is 0 Å². The second-order valence-corrected chi connectivity index (χ2v) is 5.03. The van der Waals surface area contributed by atoms with Crippen molar-refractivity contribution >= 4 is 33.5 Å². The molecule has 1 aromatic carbocycles. The summed E-state index contributed by atoms with van der Waals surface area (Å²) in [6, 6.07) is 5.89. The number of hydrogen-bond acceptors (Lipinski definition) is 6. The molecule has 0 radical (unpaired) electrons. The number of thioether (sulfide) groups is 1. The smallest absolute Gasteiger partial charge is 0.225 e. The summed E-state index contributed by atoms with van der Waals surface area (Å²) < 4.78 is 19.0. The van der Waals surface area contributed by atoms with Crippen LogP contribution in [-0.4, -0.2) is 16.2 Å². The Bertz CT molecular complexity index is 577. The third-order valence-corrected chi connectivity index (χ3v) is 3.28. The summed E-state index contributed by atoms with van der Waals surface area (Å²) in [4.78, 5) is 8.28. The maximum absolute atomic E-state index is 13.1. The van der Waals surface area contributed by atoms with Crippen LogP contribution in [0.4, 0.5) is 10.2 Å². The van der Waals surface area contributed by atoms with Crippen molar-refractivity contribution in [2.24, 2.45) is 5.84 Å². The first-order valence-electron chi connectivity index (χ1n) is 5.15. The molecule has 0 aliphatic rings. The van der Waals surface area contributed by atoms with Gasteiger partial charge in [-0.1, -0.05) is 11.8 Å². The fourth-order valence-electron chi connectivity index (χ4n) is 1.28. The van der Waals surface area contributed by atoms with Crippen molar-refractivity contribution in [1.82, 2.24) is 9.97 Å². The Morgan fingerprint density at radius 3 is 2.79 bits per heavy atom. The minimum Gasteiger partial charge on any atom is -0.439 e. The molecule has 3 N–H and O–H groups in total. The molecule has 2 rings (SSSR count). The molecule has 100 valence electrons. The number of nitrogen functional groups attached to an aromatic ring is 1. The second kappa shape index (κ2) is 6.18. The van der Waals surface area contributed by atoms with Crippen LogP contribution in [0.5, 0.6) is 11.6 Å². The lowest BCUT2D eigenvalue weighted by Gasteiger charge is -2.08. The first-order valence-corrected chi connectivity index (χ1v) is 7.16. The lowest BCUT2D eigenvalue weighted by atomic mass is 10.3. The zero-order valence-corrected chi connectivity index (χ0v) is 12.3. The first-order chi connectivity index (χ1) is 9.12. The molecule has 0 amide bonds. The number of benzene rings is 1. The van der Waals surface area contributed by atoms with E-state index in [4.69, 9.17) is 10.6 Å². The summed E-state index contributed by atoms with van der Waals surface area (Å²) in [6.07, 6.45) is 1.84. The fourth-order valence-corrected chi connectivity index (χ4v) is 2.01. The number of halogens is 2. The summed E-state index contributed by atoms with van der Waals surface area (Å²) in [7, 11) is 0. The Kier molecular flexibility index (Phi) is 4.56. The molecule has 19 heavy (non-hydrogen) atoms. The average molecular weight is 345 g/mol. The molecule has 2 aromatic rings. The van der Waals surface area contributed by atoms with Gasteiger partial charge in [-0.25, -0.2) is 15.2 Å². The maximum Gasteiger partial charge on any atom is 0.225 e. The molecule has 1 heterocycles. The van der Waals surface area contributed by atoms with Crippen molar-refractivity contribution in [3.05, 3.63) is 34.6 Å². The van der Waals surface area contributed by atoms with Gasteiger partial charge in [0.15, 0.2) is 5.16 Å². The van der Waals surface area contributed by atoms with Gasteiger partial charge in [0.05, 0.1) is 4.47 Å². The van der Waals surface area contributed by atoms with E-state index in [1.807, 2.05) is 6.26 Å². The highest BCUT2D eigenvalue weighted by molar-refractivity contribution is 9.10. The Morgan fingerprint density at radius 2 is 2.16 bits per heavy atom. The van der Waals surface area contributed by atoms with E-state index in [1.54, 1.807) is 6.07 Å². The van der Waals surface area contributed by atoms with Gasteiger partial charge in [-0.15, -0.1) is 0 Å². The molecular weight excluding hydrogens is 335 g/mol. The van der Waals surface area contributed by atoms with Crippen molar-refractivity contribution in [3.8, 4) is 11.6 Å². The molecule has 0 saturated carbocycles. The molecule has 0 fully saturated rings. The molecule has 0 aliphatic heterocycles. The first kappa shape index (κ1) is 14.0. The second-order valence-electron chi connectivity index (χ2n) is 3.40. The lowest BCUT2D eigenvalue weighted by molar-refractivity contribution is 0.454. The summed E-state index contributed by atoms with van der Waals surface area (Å²) in [5.41, 5.74) is 2.43. The topological polar surface area (TPSA) is 73.1 Å². The molecule has 8 heteroatoms. The van der Waals surface area contributed by atoms with Crippen LogP contribution >= 0.6 is 27.7 Å². The van der Waals surface area contributed by atoms with Gasteiger partial charge in [-0.2, -0.15) is 4.98 Å². The van der Waals surface area contributed by atoms with Gasteiger partial charge in [0.25, 0.3) is 0 Å². The van der Waals surface area contributed by atoms with Gasteiger partial charge < -0.3 is 10.2 Å². The fraction of sp³-hybridized carbons (Fsp3) is 0.0909. The molecule has 0 atom stereocenters.